The lowest BCUT2D eigenvalue weighted by molar-refractivity contribution is -0.122. The molecule has 0 spiro atoms. The minimum atomic E-state index is 0.122. The average molecular weight is 180 g/mol. The van der Waals surface area contributed by atoms with Crippen LogP contribution in [0.3, 0.4) is 0 Å². The second-order valence-corrected chi connectivity index (χ2v) is 3.25. The van der Waals surface area contributed by atoms with Crippen LogP contribution in [0, 0.1) is 0 Å². The molecule has 1 fully saturated rings. The van der Waals surface area contributed by atoms with E-state index in [4.69, 9.17) is 5.73 Å². The summed E-state index contributed by atoms with van der Waals surface area (Å²) in [6, 6.07) is 0.259. The number of nitrogen functional groups attached to an aromatic ring is 1. The van der Waals surface area contributed by atoms with Gasteiger partial charge in [0.15, 0.2) is 0 Å². The van der Waals surface area contributed by atoms with Gasteiger partial charge in [-0.3, -0.25) is 9.48 Å². The fourth-order valence-electron chi connectivity index (χ4n) is 1.50. The van der Waals surface area contributed by atoms with Gasteiger partial charge in [0.05, 0.1) is 17.9 Å². The van der Waals surface area contributed by atoms with Gasteiger partial charge in [-0.25, -0.2) is 0 Å². The van der Waals surface area contributed by atoms with Gasteiger partial charge in [0.1, 0.15) is 0 Å². The number of hydrogen-bond acceptors (Lipinski definition) is 3. The monoisotopic (exact) mass is 180 g/mol. The first-order valence-electron chi connectivity index (χ1n) is 4.32. The molecule has 1 atom stereocenters. The highest BCUT2D eigenvalue weighted by molar-refractivity contribution is 5.76. The van der Waals surface area contributed by atoms with Crippen LogP contribution in [0.15, 0.2) is 12.4 Å². The maximum Gasteiger partial charge on any atom is 0.220 e. The molecule has 13 heavy (non-hydrogen) atoms. The minimum Gasteiger partial charge on any atom is -0.396 e. The zero-order valence-corrected chi connectivity index (χ0v) is 7.23. The number of carbonyl (C=O) groups is 1. The summed E-state index contributed by atoms with van der Waals surface area (Å²) in [5.41, 5.74) is 6.21. The van der Waals surface area contributed by atoms with Gasteiger partial charge in [0.25, 0.3) is 0 Å². The molecule has 2 rings (SSSR count). The molecule has 0 aliphatic carbocycles. The lowest BCUT2D eigenvalue weighted by Crippen LogP contribution is -2.36. The quantitative estimate of drug-likeness (QED) is 0.634. The SMILES string of the molecule is Nc1cnn(C2CCC(=O)NC2)c1. The number of rotatable bonds is 1. The van der Waals surface area contributed by atoms with Crippen LogP contribution >= 0.6 is 0 Å². The van der Waals surface area contributed by atoms with Crippen molar-refractivity contribution in [2.45, 2.75) is 18.9 Å². The Morgan fingerprint density at radius 2 is 2.54 bits per heavy atom. The van der Waals surface area contributed by atoms with E-state index in [1.807, 2.05) is 4.68 Å². The van der Waals surface area contributed by atoms with Crippen LogP contribution in [-0.4, -0.2) is 22.2 Å². The van der Waals surface area contributed by atoms with Crippen LogP contribution in [0.25, 0.3) is 0 Å². The molecule has 1 unspecified atom stereocenters. The van der Waals surface area contributed by atoms with Crippen LogP contribution in [0.2, 0.25) is 0 Å². The highest BCUT2D eigenvalue weighted by Crippen LogP contribution is 2.16. The molecule has 0 radical (unpaired) electrons. The highest BCUT2D eigenvalue weighted by atomic mass is 16.1. The van der Waals surface area contributed by atoms with Crippen molar-refractivity contribution in [3.63, 3.8) is 0 Å². The predicted molar refractivity (Wildman–Crippen MR) is 47.9 cm³/mol. The lowest BCUT2D eigenvalue weighted by Gasteiger charge is -2.22. The van der Waals surface area contributed by atoms with Crippen LogP contribution in [-0.2, 0) is 4.79 Å². The van der Waals surface area contributed by atoms with Crippen molar-refractivity contribution in [1.29, 1.82) is 0 Å². The summed E-state index contributed by atoms with van der Waals surface area (Å²) < 4.78 is 1.81. The molecule has 1 saturated heterocycles. The van der Waals surface area contributed by atoms with Gasteiger partial charge in [0.2, 0.25) is 5.91 Å². The Bertz CT molecular complexity index is 310. The van der Waals surface area contributed by atoms with E-state index in [9.17, 15) is 4.79 Å². The van der Waals surface area contributed by atoms with Crippen molar-refractivity contribution in [2.75, 3.05) is 12.3 Å². The van der Waals surface area contributed by atoms with Crippen molar-refractivity contribution in [2.24, 2.45) is 0 Å². The summed E-state index contributed by atoms with van der Waals surface area (Å²) in [6.07, 6.45) is 4.83. The number of carbonyl (C=O) groups excluding carboxylic acids is 1. The minimum absolute atomic E-state index is 0.122. The normalized spacial score (nSPS) is 22.8. The molecule has 0 bridgehead atoms. The van der Waals surface area contributed by atoms with Gasteiger partial charge in [-0.1, -0.05) is 0 Å². The number of nitrogens with zero attached hydrogens (tertiary/aromatic N) is 2. The Morgan fingerprint density at radius 1 is 1.69 bits per heavy atom. The third kappa shape index (κ3) is 1.63. The fraction of sp³-hybridized carbons (Fsp3) is 0.500. The first-order chi connectivity index (χ1) is 6.25. The molecule has 1 aliphatic rings. The van der Waals surface area contributed by atoms with E-state index in [1.165, 1.54) is 0 Å². The van der Waals surface area contributed by atoms with Gasteiger partial charge in [-0.05, 0) is 6.42 Å². The standard InChI is InChI=1S/C8H12N4O/c9-6-3-11-12(5-6)7-1-2-8(13)10-4-7/h3,5,7H,1-2,4,9H2,(H,10,13). The largest absolute Gasteiger partial charge is 0.396 e. The number of amides is 1. The smallest absolute Gasteiger partial charge is 0.220 e. The number of aromatic nitrogens is 2. The van der Waals surface area contributed by atoms with E-state index in [0.29, 0.717) is 18.7 Å². The molecule has 70 valence electrons. The average Bonchev–Trinajstić information content (AvgIpc) is 2.53. The van der Waals surface area contributed by atoms with Crippen molar-refractivity contribution < 1.29 is 4.79 Å². The summed E-state index contributed by atoms with van der Waals surface area (Å²) in [5.74, 6) is 0.122. The van der Waals surface area contributed by atoms with Gasteiger partial charge >= 0.3 is 0 Å². The Balaban J connectivity index is 2.06. The molecule has 1 aliphatic heterocycles. The van der Waals surface area contributed by atoms with Crippen LogP contribution < -0.4 is 11.1 Å². The topological polar surface area (TPSA) is 72.9 Å². The molecule has 1 aromatic heterocycles. The molecule has 1 aromatic rings. The zero-order chi connectivity index (χ0) is 9.26. The summed E-state index contributed by atoms with van der Waals surface area (Å²) >= 11 is 0. The van der Waals surface area contributed by atoms with Crippen LogP contribution in [0.4, 0.5) is 5.69 Å². The first kappa shape index (κ1) is 8.10. The lowest BCUT2D eigenvalue weighted by atomic mass is 10.1. The number of hydrogen-bond donors (Lipinski definition) is 2. The fourth-order valence-corrected chi connectivity index (χ4v) is 1.50. The second kappa shape index (κ2) is 3.08. The molecule has 0 saturated carbocycles. The third-order valence-electron chi connectivity index (χ3n) is 2.24. The van der Waals surface area contributed by atoms with Crippen molar-refractivity contribution >= 4 is 11.6 Å². The van der Waals surface area contributed by atoms with E-state index < -0.39 is 0 Å². The summed E-state index contributed by atoms with van der Waals surface area (Å²) in [5, 5.41) is 6.90. The molecule has 3 N–H and O–H groups in total. The molecule has 1 amide bonds. The van der Waals surface area contributed by atoms with Crippen LogP contribution in [0.1, 0.15) is 18.9 Å². The van der Waals surface area contributed by atoms with Crippen molar-refractivity contribution in [3.05, 3.63) is 12.4 Å². The number of anilines is 1. The van der Waals surface area contributed by atoms with Gasteiger partial charge < -0.3 is 11.1 Å². The van der Waals surface area contributed by atoms with E-state index in [-0.39, 0.29) is 11.9 Å². The maximum absolute atomic E-state index is 10.9. The molecule has 2 heterocycles. The van der Waals surface area contributed by atoms with Gasteiger partial charge in [-0.2, -0.15) is 5.10 Å². The van der Waals surface area contributed by atoms with Crippen LogP contribution in [0.5, 0.6) is 0 Å². The Kier molecular flexibility index (Phi) is 1.92. The second-order valence-electron chi connectivity index (χ2n) is 3.25. The molecular formula is C8H12N4O. The van der Waals surface area contributed by atoms with E-state index in [0.717, 1.165) is 6.42 Å². The Morgan fingerprint density at radius 3 is 3.08 bits per heavy atom. The van der Waals surface area contributed by atoms with E-state index in [1.54, 1.807) is 12.4 Å². The summed E-state index contributed by atoms with van der Waals surface area (Å²) in [4.78, 5) is 10.9. The molecular weight excluding hydrogens is 168 g/mol. The summed E-state index contributed by atoms with van der Waals surface area (Å²) in [6.45, 7) is 0.653. The highest BCUT2D eigenvalue weighted by Gasteiger charge is 2.19. The first-order valence-corrected chi connectivity index (χ1v) is 4.32. The van der Waals surface area contributed by atoms with E-state index in [2.05, 4.69) is 10.4 Å². The van der Waals surface area contributed by atoms with E-state index >= 15 is 0 Å². The Labute approximate surface area is 75.9 Å². The predicted octanol–water partition coefficient (Wildman–Crippen LogP) is -0.0836. The molecule has 5 heteroatoms. The molecule has 5 nitrogen and oxygen atoms in total. The number of nitrogens with two attached hydrogens (primary N) is 1. The number of nitrogens with one attached hydrogen (secondary N) is 1. The number of piperidine rings is 1. The van der Waals surface area contributed by atoms with Crippen molar-refractivity contribution in [1.82, 2.24) is 15.1 Å². The third-order valence-corrected chi connectivity index (χ3v) is 2.24. The summed E-state index contributed by atoms with van der Waals surface area (Å²) in [7, 11) is 0. The zero-order valence-electron chi connectivity index (χ0n) is 7.23. The molecule has 0 aromatic carbocycles. The maximum atomic E-state index is 10.9. The van der Waals surface area contributed by atoms with Gasteiger partial charge in [-0.15, -0.1) is 0 Å². The Hall–Kier alpha value is -1.52. The van der Waals surface area contributed by atoms with Gasteiger partial charge in [0, 0.05) is 19.2 Å². The van der Waals surface area contributed by atoms with Crippen molar-refractivity contribution in [3.8, 4) is 0 Å².